The van der Waals surface area contributed by atoms with E-state index < -0.39 is 0 Å². The first-order valence-corrected chi connectivity index (χ1v) is 10.4. The number of hydrogen-bond donors (Lipinski definition) is 0. The van der Waals surface area contributed by atoms with Crippen molar-refractivity contribution in [3.8, 4) is 0 Å². The molecule has 1 aliphatic carbocycles. The lowest BCUT2D eigenvalue weighted by Crippen LogP contribution is -2.49. The Bertz CT molecular complexity index is 877. The van der Waals surface area contributed by atoms with Gasteiger partial charge in [0.1, 0.15) is 0 Å². The number of piperidine rings is 1. The summed E-state index contributed by atoms with van der Waals surface area (Å²) in [5.74, 6) is 0.867. The van der Waals surface area contributed by atoms with Gasteiger partial charge in [0.2, 0.25) is 5.91 Å². The fraction of sp³-hybridized carbons (Fsp3) is 0.550. The molecule has 1 aliphatic heterocycles. The minimum Gasteiger partial charge on any atom is -0.339 e. The fourth-order valence-electron chi connectivity index (χ4n) is 4.58. The molecule has 4 rings (SSSR count). The topological polar surface area (TPSA) is 55.2 Å². The summed E-state index contributed by atoms with van der Waals surface area (Å²) in [5.41, 5.74) is 0.597. The molecule has 0 spiro atoms. The first-order chi connectivity index (χ1) is 12.6. The van der Waals surface area contributed by atoms with Crippen molar-refractivity contribution in [2.24, 2.45) is 5.92 Å². The van der Waals surface area contributed by atoms with E-state index in [1.54, 1.807) is 17.0 Å². The van der Waals surface area contributed by atoms with Crippen molar-refractivity contribution in [1.29, 1.82) is 0 Å². The number of fused-ring (bicyclic) bond motifs is 2. The largest absolute Gasteiger partial charge is 0.339 e. The van der Waals surface area contributed by atoms with Crippen molar-refractivity contribution in [3.05, 3.63) is 39.4 Å². The Morgan fingerprint density at radius 3 is 2.88 bits per heavy atom. The zero-order valence-corrected chi connectivity index (χ0v) is 16.5. The predicted molar refractivity (Wildman–Crippen MR) is 105 cm³/mol. The van der Waals surface area contributed by atoms with Crippen LogP contribution in [0, 0.1) is 5.92 Å². The number of hydrogen-bond acceptors (Lipinski definition) is 3. The zero-order chi connectivity index (χ0) is 18.1. The summed E-state index contributed by atoms with van der Waals surface area (Å²) in [6, 6.07) is 5.92. The van der Waals surface area contributed by atoms with Crippen LogP contribution < -0.4 is 5.56 Å². The van der Waals surface area contributed by atoms with Gasteiger partial charge in [-0.05, 0) is 49.8 Å². The molecule has 1 aromatic carbocycles. The van der Waals surface area contributed by atoms with Crippen molar-refractivity contribution in [3.63, 3.8) is 0 Å². The molecule has 5 nitrogen and oxygen atoms in total. The minimum absolute atomic E-state index is 0.0849. The number of carbonyl (C=O) groups is 1. The highest BCUT2D eigenvalue weighted by molar-refractivity contribution is 9.10. The van der Waals surface area contributed by atoms with Gasteiger partial charge in [-0.2, -0.15) is 0 Å². The molecule has 138 valence electrons. The van der Waals surface area contributed by atoms with Crippen LogP contribution in [0.25, 0.3) is 10.9 Å². The molecule has 0 bridgehead atoms. The summed E-state index contributed by atoms with van der Waals surface area (Å²) < 4.78 is 2.42. The molecule has 1 amide bonds. The van der Waals surface area contributed by atoms with Crippen LogP contribution in [0.2, 0.25) is 0 Å². The monoisotopic (exact) mass is 417 g/mol. The standard InChI is InChI=1S/C20H24BrN3O2/c21-15-7-8-17-16(12-15)20(26)23(13-22-17)11-9-19(25)24-10-3-5-14-4-1-2-6-18(14)24/h7-8,12-14,18H,1-6,9-11H2. The Balaban J connectivity index is 1.48. The van der Waals surface area contributed by atoms with Crippen LogP contribution in [-0.2, 0) is 11.3 Å². The quantitative estimate of drug-likeness (QED) is 0.764. The molecule has 2 aromatic rings. The lowest BCUT2D eigenvalue weighted by molar-refractivity contribution is -0.137. The van der Waals surface area contributed by atoms with Crippen molar-refractivity contribution < 1.29 is 4.79 Å². The zero-order valence-electron chi connectivity index (χ0n) is 14.9. The van der Waals surface area contributed by atoms with Gasteiger partial charge in [0, 0.05) is 30.0 Å². The van der Waals surface area contributed by atoms with Gasteiger partial charge < -0.3 is 4.90 Å². The Morgan fingerprint density at radius 2 is 2.00 bits per heavy atom. The Morgan fingerprint density at radius 1 is 1.19 bits per heavy atom. The van der Waals surface area contributed by atoms with E-state index in [1.807, 2.05) is 12.1 Å². The van der Waals surface area contributed by atoms with Crippen molar-refractivity contribution in [2.75, 3.05) is 6.54 Å². The molecule has 2 unspecified atom stereocenters. The number of rotatable bonds is 3. The van der Waals surface area contributed by atoms with Crippen LogP contribution in [0.15, 0.2) is 33.8 Å². The third-order valence-corrected chi connectivity index (χ3v) is 6.41. The van der Waals surface area contributed by atoms with E-state index in [-0.39, 0.29) is 11.5 Å². The number of aryl methyl sites for hydroxylation is 1. The molecular weight excluding hydrogens is 394 g/mol. The average Bonchev–Trinajstić information content (AvgIpc) is 2.67. The maximum atomic E-state index is 12.8. The Labute approximate surface area is 161 Å². The van der Waals surface area contributed by atoms with E-state index in [9.17, 15) is 9.59 Å². The second kappa shape index (κ2) is 7.51. The van der Waals surface area contributed by atoms with Gasteiger partial charge in [-0.3, -0.25) is 14.2 Å². The second-order valence-corrected chi connectivity index (χ2v) is 8.41. The number of likely N-dealkylation sites (tertiary alicyclic amines) is 1. The second-order valence-electron chi connectivity index (χ2n) is 7.50. The van der Waals surface area contributed by atoms with Crippen LogP contribution in [0.4, 0.5) is 0 Å². The molecule has 2 aliphatic rings. The maximum Gasteiger partial charge on any atom is 0.261 e. The highest BCUT2D eigenvalue weighted by atomic mass is 79.9. The number of carbonyl (C=O) groups excluding carboxylic acids is 1. The summed E-state index contributed by atoms with van der Waals surface area (Å²) in [4.78, 5) is 32.0. The smallest absolute Gasteiger partial charge is 0.261 e. The Hall–Kier alpha value is -1.69. The fourth-order valence-corrected chi connectivity index (χ4v) is 4.95. The van der Waals surface area contributed by atoms with Crippen LogP contribution in [0.1, 0.15) is 44.9 Å². The van der Waals surface area contributed by atoms with Crippen molar-refractivity contribution in [2.45, 2.75) is 57.5 Å². The first-order valence-electron chi connectivity index (χ1n) is 9.57. The van der Waals surface area contributed by atoms with E-state index in [2.05, 4.69) is 25.8 Å². The van der Waals surface area contributed by atoms with E-state index in [1.165, 1.54) is 25.7 Å². The van der Waals surface area contributed by atoms with Gasteiger partial charge in [0.15, 0.2) is 0 Å². The molecule has 2 heterocycles. The maximum absolute atomic E-state index is 12.8. The SMILES string of the molecule is O=C(CCn1cnc2ccc(Br)cc2c1=O)N1CCCC2CCCCC21. The third kappa shape index (κ3) is 3.43. The molecule has 1 aromatic heterocycles. The van der Waals surface area contributed by atoms with Crippen LogP contribution >= 0.6 is 15.9 Å². The van der Waals surface area contributed by atoms with E-state index >= 15 is 0 Å². The number of amides is 1. The third-order valence-electron chi connectivity index (χ3n) is 5.92. The van der Waals surface area contributed by atoms with E-state index in [0.717, 1.165) is 23.9 Å². The molecule has 2 atom stereocenters. The number of aromatic nitrogens is 2. The van der Waals surface area contributed by atoms with Gasteiger partial charge >= 0.3 is 0 Å². The number of nitrogens with zero attached hydrogens (tertiary/aromatic N) is 3. The summed E-state index contributed by atoms with van der Waals surface area (Å²) in [6.45, 7) is 1.26. The number of halogens is 1. The number of benzene rings is 1. The molecule has 2 fully saturated rings. The lowest BCUT2D eigenvalue weighted by Gasteiger charge is -2.44. The molecular formula is C20H24BrN3O2. The predicted octanol–water partition coefficient (Wildman–Crippen LogP) is 3.73. The van der Waals surface area contributed by atoms with Crippen LogP contribution in [0.5, 0.6) is 0 Å². The van der Waals surface area contributed by atoms with Gasteiger partial charge in [-0.15, -0.1) is 0 Å². The molecule has 6 heteroatoms. The average molecular weight is 418 g/mol. The molecule has 0 radical (unpaired) electrons. The van der Waals surface area contributed by atoms with Gasteiger partial charge in [-0.25, -0.2) is 4.98 Å². The molecule has 0 N–H and O–H groups in total. The first kappa shape index (κ1) is 17.7. The summed E-state index contributed by atoms with van der Waals surface area (Å²) in [6.07, 6.45) is 9.23. The highest BCUT2D eigenvalue weighted by Crippen LogP contribution is 2.35. The van der Waals surface area contributed by atoms with Gasteiger partial charge in [0.25, 0.3) is 5.56 Å². The molecule has 1 saturated heterocycles. The van der Waals surface area contributed by atoms with Crippen LogP contribution in [0.3, 0.4) is 0 Å². The lowest BCUT2D eigenvalue weighted by atomic mass is 9.78. The van der Waals surface area contributed by atoms with Gasteiger partial charge in [0.05, 0.1) is 17.2 Å². The van der Waals surface area contributed by atoms with Crippen molar-refractivity contribution in [1.82, 2.24) is 14.5 Å². The summed E-state index contributed by atoms with van der Waals surface area (Å²) in [5, 5.41) is 0.583. The van der Waals surface area contributed by atoms with Crippen LogP contribution in [-0.4, -0.2) is 32.9 Å². The molecule has 1 saturated carbocycles. The highest BCUT2D eigenvalue weighted by Gasteiger charge is 2.35. The van der Waals surface area contributed by atoms with E-state index in [4.69, 9.17) is 0 Å². The molecule has 26 heavy (non-hydrogen) atoms. The summed E-state index contributed by atoms with van der Waals surface area (Å²) in [7, 11) is 0. The normalized spacial score (nSPS) is 23.0. The minimum atomic E-state index is -0.0849. The Kier molecular flexibility index (Phi) is 5.11. The van der Waals surface area contributed by atoms with Crippen molar-refractivity contribution >= 4 is 32.7 Å². The van der Waals surface area contributed by atoms with E-state index in [0.29, 0.717) is 35.8 Å². The van der Waals surface area contributed by atoms with Gasteiger partial charge in [-0.1, -0.05) is 28.8 Å². The summed E-state index contributed by atoms with van der Waals surface area (Å²) >= 11 is 3.40.